The van der Waals surface area contributed by atoms with Gasteiger partial charge in [0.2, 0.25) is 5.91 Å². The number of ether oxygens (including phenoxy) is 2. The van der Waals surface area contributed by atoms with Crippen LogP contribution in [0.1, 0.15) is 67.8 Å². The SMILES string of the molecule is O=C(COC[C@@H]1CCCCO1)N1CCc2[nH]nc(C3CCCC3)c2C1. The van der Waals surface area contributed by atoms with Crippen LogP contribution in [0.5, 0.6) is 0 Å². The predicted octanol–water partition coefficient (Wildman–Crippen LogP) is 2.54. The van der Waals surface area contributed by atoms with Crippen LogP contribution in [-0.2, 0) is 27.2 Å². The highest BCUT2D eigenvalue weighted by Gasteiger charge is 2.29. The standard InChI is InChI=1S/C19H29N3O3/c23-18(13-24-12-15-7-3-4-10-25-15)22-9-8-17-16(11-22)19(21-20-17)14-5-1-2-6-14/h14-15H,1-13H2,(H,20,21)/t15-/m0/s1. The van der Waals surface area contributed by atoms with Gasteiger partial charge in [-0.3, -0.25) is 9.89 Å². The minimum atomic E-state index is 0.0834. The fourth-order valence-corrected chi connectivity index (χ4v) is 4.37. The van der Waals surface area contributed by atoms with Gasteiger partial charge in [-0.2, -0.15) is 5.10 Å². The number of carbonyl (C=O) groups is 1. The molecule has 1 aliphatic carbocycles. The minimum Gasteiger partial charge on any atom is -0.376 e. The number of fused-ring (bicyclic) bond motifs is 1. The van der Waals surface area contributed by atoms with E-state index in [4.69, 9.17) is 9.47 Å². The Hall–Kier alpha value is -1.40. The van der Waals surface area contributed by atoms with Crippen LogP contribution in [0, 0.1) is 0 Å². The molecule has 1 aromatic rings. The number of carbonyl (C=O) groups excluding carboxylic acids is 1. The van der Waals surface area contributed by atoms with Gasteiger partial charge in [-0.25, -0.2) is 0 Å². The van der Waals surface area contributed by atoms with E-state index in [1.54, 1.807) is 0 Å². The first-order valence-electron chi connectivity index (χ1n) is 9.84. The molecule has 1 amide bonds. The molecule has 0 bridgehead atoms. The van der Waals surface area contributed by atoms with Gasteiger partial charge in [0.15, 0.2) is 0 Å². The van der Waals surface area contributed by atoms with Crippen LogP contribution in [-0.4, -0.2) is 53.5 Å². The summed E-state index contributed by atoms with van der Waals surface area (Å²) in [5.74, 6) is 0.662. The van der Waals surface area contributed by atoms with Crippen molar-refractivity contribution in [3.63, 3.8) is 0 Å². The van der Waals surface area contributed by atoms with Crippen LogP contribution in [0.25, 0.3) is 0 Å². The van der Waals surface area contributed by atoms with Crippen LogP contribution in [0.3, 0.4) is 0 Å². The number of hydrogen-bond donors (Lipinski definition) is 1. The first-order valence-corrected chi connectivity index (χ1v) is 9.84. The summed E-state index contributed by atoms with van der Waals surface area (Å²) in [5, 5.41) is 7.80. The molecule has 1 saturated carbocycles. The number of rotatable bonds is 5. The van der Waals surface area contributed by atoms with Crippen LogP contribution >= 0.6 is 0 Å². The van der Waals surface area contributed by atoms with Gasteiger partial charge in [-0.1, -0.05) is 12.8 Å². The van der Waals surface area contributed by atoms with E-state index in [2.05, 4.69) is 10.2 Å². The van der Waals surface area contributed by atoms with Crippen molar-refractivity contribution < 1.29 is 14.3 Å². The van der Waals surface area contributed by atoms with Crippen molar-refractivity contribution in [3.05, 3.63) is 17.0 Å². The Balaban J connectivity index is 1.30. The zero-order chi connectivity index (χ0) is 17.1. The quantitative estimate of drug-likeness (QED) is 0.889. The second-order valence-electron chi connectivity index (χ2n) is 7.62. The second-order valence-corrected chi connectivity index (χ2v) is 7.62. The summed E-state index contributed by atoms with van der Waals surface area (Å²) in [5.41, 5.74) is 3.70. The molecule has 2 fully saturated rings. The van der Waals surface area contributed by atoms with Gasteiger partial charge < -0.3 is 14.4 Å². The second kappa shape index (κ2) is 7.87. The number of nitrogens with zero attached hydrogens (tertiary/aromatic N) is 2. The third-order valence-corrected chi connectivity index (χ3v) is 5.86. The van der Waals surface area contributed by atoms with Crippen molar-refractivity contribution in [1.82, 2.24) is 15.1 Å². The van der Waals surface area contributed by atoms with Crippen molar-refractivity contribution in [2.75, 3.05) is 26.4 Å². The van der Waals surface area contributed by atoms with Crippen LogP contribution in [0.4, 0.5) is 0 Å². The molecule has 6 heteroatoms. The van der Waals surface area contributed by atoms with E-state index in [1.165, 1.54) is 49.1 Å². The lowest BCUT2D eigenvalue weighted by Gasteiger charge is -2.28. The normalized spacial score (nSPS) is 24.5. The molecule has 0 aromatic carbocycles. The van der Waals surface area contributed by atoms with Crippen LogP contribution in [0.2, 0.25) is 0 Å². The highest BCUT2D eigenvalue weighted by Crippen LogP contribution is 2.36. The van der Waals surface area contributed by atoms with E-state index in [0.29, 0.717) is 19.1 Å². The maximum absolute atomic E-state index is 12.5. The molecule has 3 aliphatic rings. The van der Waals surface area contributed by atoms with E-state index in [1.807, 2.05) is 4.90 Å². The van der Waals surface area contributed by atoms with Gasteiger partial charge >= 0.3 is 0 Å². The number of hydrogen-bond acceptors (Lipinski definition) is 4. The van der Waals surface area contributed by atoms with E-state index in [9.17, 15) is 4.79 Å². The highest BCUT2D eigenvalue weighted by atomic mass is 16.5. The molecule has 3 heterocycles. The Labute approximate surface area is 149 Å². The molecule has 25 heavy (non-hydrogen) atoms. The number of amides is 1. The molecular weight excluding hydrogens is 318 g/mol. The molecule has 4 rings (SSSR count). The molecule has 6 nitrogen and oxygen atoms in total. The molecule has 1 atom stereocenters. The predicted molar refractivity (Wildman–Crippen MR) is 93.3 cm³/mol. The minimum absolute atomic E-state index is 0.0834. The third-order valence-electron chi connectivity index (χ3n) is 5.86. The summed E-state index contributed by atoms with van der Waals surface area (Å²) in [7, 11) is 0. The maximum Gasteiger partial charge on any atom is 0.248 e. The Bertz CT molecular complexity index is 589. The zero-order valence-electron chi connectivity index (χ0n) is 15.0. The van der Waals surface area contributed by atoms with Gasteiger partial charge in [-0.05, 0) is 32.1 Å². The van der Waals surface area contributed by atoms with Crippen molar-refractivity contribution in [2.45, 2.75) is 69.9 Å². The largest absolute Gasteiger partial charge is 0.376 e. The number of aromatic nitrogens is 2. The Morgan fingerprint density at radius 2 is 2.08 bits per heavy atom. The lowest BCUT2D eigenvalue weighted by Crippen LogP contribution is -2.39. The third kappa shape index (κ3) is 3.90. The van der Waals surface area contributed by atoms with Crippen molar-refractivity contribution >= 4 is 5.91 Å². The van der Waals surface area contributed by atoms with Crippen molar-refractivity contribution in [3.8, 4) is 0 Å². The van der Waals surface area contributed by atoms with Gasteiger partial charge in [0.05, 0.1) is 18.4 Å². The van der Waals surface area contributed by atoms with Crippen molar-refractivity contribution in [2.24, 2.45) is 0 Å². The molecule has 0 radical (unpaired) electrons. The van der Waals surface area contributed by atoms with Crippen molar-refractivity contribution in [1.29, 1.82) is 0 Å². The van der Waals surface area contributed by atoms with E-state index in [0.717, 1.165) is 32.4 Å². The Morgan fingerprint density at radius 1 is 1.24 bits per heavy atom. The topological polar surface area (TPSA) is 67.5 Å². The molecule has 1 N–H and O–H groups in total. The maximum atomic E-state index is 12.5. The number of H-pyrrole nitrogens is 1. The molecule has 0 spiro atoms. The molecule has 2 aliphatic heterocycles. The van der Waals surface area contributed by atoms with E-state index in [-0.39, 0.29) is 18.6 Å². The summed E-state index contributed by atoms with van der Waals surface area (Å²) in [6.07, 6.45) is 9.47. The molecule has 1 saturated heterocycles. The van der Waals surface area contributed by atoms with Gasteiger partial charge in [0, 0.05) is 43.3 Å². The summed E-state index contributed by atoms with van der Waals surface area (Å²) >= 11 is 0. The van der Waals surface area contributed by atoms with E-state index >= 15 is 0 Å². The summed E-state index contributed by atoms with van der Waals surface area (Å²) in [6.45, 7) is 2.94. The number of nitrogens with one attached hydrogen (secondary N) is 1. The smallest absolute Gasteiger partial charge is 0.248 e. The Morgan fingerprint density at radius 3 is 2.88 bits per heavy atom. The fraction of sp³-hybridized carbons (Fsp3) is 0.789. The van der Waals surface area contributed by atoms with E-state index < -0.39 is 0 Å². The summed E-state index contributed by atoms with van der Waals surface area (Å²) in [4.78, 5) is 14.5. The monoisotopic (exact) mass is 347 g/mol. The summed E-state index contributed by atoms with van der Waals surface area (Å²) < 4.78 is 11.3. The first kappa shape index (κ1) is 17.0. The average Bonchev–Trinajstić information content (AvgIpc) is 3.31. The average molecular weight is 347 g/mol. The summed E-state index contributed by atoms with van der Waals surface area (Å²) in [6, 6.07) is 0. The fourth-order valence-electron chi connectivity index (χ4n) is 4.37. The van der Waals surface area contributed by atoms with Crippen LogP contribution in [0.15, 0.2) is 0 Å². The molecule has 138 valence electrons. The Kier molecular flexibility index (Phi) is 5.36. The molecule has 1 aromatic heterocycles. The van der Waals surface area contributed by atoms with Crippen LogP contribution < -0.4 is 0 Å². The number of aromatic amines is 1. The van der Waals surface area contributed by atoms with Gasteiger partial charge in [0.25, 0.3) is 0 Å². The lowest BCUT2D eigenvalue weighted by atomic mass is 9.96. The first-order chi connectivity index (χ1) is 12.3. The molecule has 0 unspecified atom stereocenters. The highest BCUT2D eigenvalue weighted by molar-refractivity contribution is 5.77. The lowest BCUT2D eigenvalue weighted by molar-refractivity contribution is -0.139. The van der Waals surface area contributed by atoms with Gasteiger partial charge in [0.1, 0.15) is 6.61 Å². The molecular formula is C19H29N3O3. The zero-order valence-corrected chi connectivity index (χ0v) is 15.0. The van der Waals surface area contributed by atoms with Gasteiger partial charge in [-0.15, -0.1) is 0 Å².